The number of hydrogen-bond acceptors (Lipinski definition) is 11. The summed E-state index contributed by atoms with van der Waals surface area (Å²) in [7, 11) is 0. The number of esters is 1. The smallest absolute Gasteiger partial charge is 0.408 e. The average Bonchev–Trinajstić information content (AvgIpc) is 4.11. The second-order valence-corrected chi connectivity index (χ2v) is 22.3. The van der Waals surface area contributed by atoms with Crippen LogP contribution < -0.4 is 42.5 Å². The van der Waals surface area contributed by atoms with Crippen molar-refractivity contribution < 1.29 is 52.6 Å². The predicted octanol–water partition coefficient (Wildman–Crippen LogP) is 3.47. The Labute approximate surface area is 412 Å². The molecule has 0 unspecified atom stereocenters. The molecule has 0 aromatic heterocycles. The van der Waals surface area contributed by atoms with Crippen molar-refractivity contribution >= 4 is 53.4 Å². The first-order valence-corrected chi connectivity index (χ1v) is 25.1. The number of amides is 8. The van der Waals surface area contributed by atoms with Gasteiger partial charge in [-0.2, -0.15) is 0 Å². The van der Waals surface area contributed by atoms with Crippen LogP contribution in [0.15, 0.2) is 30.3 Å². The number of benzene rings is 1. The van der Waals surface area contributed by atoms with Crippen LogP contribution in [0.3, 0.4) is 0 Å². The van der Waals surface area contributed by atoms with Gasteiger partial charge in [-0.3, -0.25) is 38.4 Å². The summed E-state index contributed by atoms with van der Waals surface area (Å²) in [5.41, 5.74) is -4.00. The second kappa shape index (κ2) is 23.0. The van der Waals surface area contributed by atoms with Crippen LogP contribution in [-0.2, 0) is 54.4 Å². The zero-order valence-corrected chi connectivity index (χ0v) is 42.8. The fourth-order valence-corrected chi connectivity index (χ4v) is 9.87. The number of rotatable bonds is 18. The highest BCUT2D eigenvalue weighted by Gasteiger charge is 2.45. The summed E-state index contributed by atoms with van der Waals surface area (Å²) in [4.78, 5) is 121. The molecule has 0 heterocycles. The third-order valence-corrected chi connectivity index (χ3v) is 14.0. The van der Waals surface area contributed by atoms with Crippen LogP contribution in [0.4, 0.5) is 4.79 Å². The van der Waals surface area contributed by atoms with Crippen LogP contribution >= 0.6 is 0 Å². The fraction of sp³-hybridized carbons (Fsp3) is 0.706. The summed E-state index contributed by atoms with van der Waals surface area (Å²) >= 11 is 0. The van der Waals surface area contributed by atoms with Gasteiger partial charge in [0.25, 0.3) is 0 Å². The minimum Gasteiger partial charge on any atom is -0.461 e. The molecule has 19 heteroatoms. The van der Waals surface area contributed by atoms with Gasteiger partial charge in [-0.1, -0.05) is 56.0 Å². The van der Waals surface area contributed by atoms with Crippen LogP contribution in [0.1, 0.15) is 152 Å². The van der Waals surface area contributed by atoms with Crippen molar-refractivity contribution in [3.8, 4) is 0 Å². The first kappa shape index (κ1) is 55.2. The van der Waals surface area contributed by atoms with Gasteiger partial charge in [0.15, 0.2) is 0 Å². The van der Waals surface area contributed by atoms with Crippen LogP contribution in [0.25, 0.3) is 0 Å². The lowest BCUT2D eigenvalue weighted by Crippen LogP contribution is -2.62. The van der Waals surface area contributed by atoms with Gasteiger partial charge < -0.3 is 52.0 Å². The molecule has 0 radical (unpaired) electrons. The molecule has 0 bridgehead atoms. The number of ether oxygens (including phenoxy) is 2. The molecule has 388 valence electrons. The summed E-state index contributed by atoms with van der Waals surface area (Å²) in [6, 6.07) is 6.36. The SMILES string of the molecule is C[C@H](NC(=O)OC(C)(C)C)C(=O)N[C@H]1CCC[C@@H]1C(=O)NC(C)(C)C(=O)N[C@H]1CCC[C@@H]1C(=O)NC(C)(C)C(=O)N[C@H]1CCC[C@@H]1C(=O)NC(C)(C)C(=O)N[C@H]1CCC[C@@H]1C(=O)OCc1ccccc1. The number of hydrogen-bond donors (Lipinski definition) is 8. The molecule has 4 aliphatic carbocycles. The van der Waals surface area contributed by atoms with E-state index in [9.17, 15) is 43.2 Å². The molecule has 0 aliphatic heterocycles. The Morgan fingerprint density at radius 3 is 1.26 bits per heavy atom. The largest absolute Gasteiger partial charge is 0.461 e. The van der Waals surface area contributed by atoms with Gasteiger partial charge in [-0.05, 0) is 126 Å². The van der Waals surface area contributed by atoms with E-state index in [2.05, 4.69) is 42.5 Å². The average molecular weight is 979 g/mol. The maximum absolute atomic E-state index is 13.8. The molecule has 1 aromatic rings. The van der Waals surface area contributed by atoms with Gasteiger partial charge in [0.05, 0.1) is 23.7 Å². The first-order chi connectivity index (χ1) is 32.7. The van der Waals surface area contributed by atoms with Gasteiger partial charge in [0, 0.05) is 24.2 Å². The highest BCUT2D eigenvalue weighted by Crippen LogP contribution is 2.32. The number of alkyl carbamates (subject to hydrolysis) is 1. The zero-order valence-electron chi connectivity index (χ0n) is 42.8. The van der Waals surface area contributed by atoms with Crippen LogP contribution in [0.2, 0.25) is 0 Å². The normalized spacial score (nSPS) is 25.1. The topological polar surface area (TPSA) is 268 Å². The van der Waals surface area contributed by atoms with Crippen LogP contribution in [0, 0.1) is 23.7 Å². The van der Waals surface area contributed by atoms with E-state index in [4.69, 9.17) is 9.47 Å². The lowest BCUT2D eigenvalue weighted by atomic mass is 9.94. The van der Waals surface area contributed by atoms with E-state index in [0.717, 1.165) is 12.0 Å². The third-order valence-electron chi connectivity index (χ3n) is 14.0. The molecule has 4 saturated carbocycles. The van der Waals surface area contributed by atoms with E-state index in [1.165, 1.54) is 6.92 Å². The molecule has 8 amide bonds. The fourth-order valence-electron chi connectivity index (χ4n) is 9.87. The monoisotopic (exact) mass is 979 g/mol. The molecule has 0 saturated heterocycles. The van der Waals surface area contributed by atoms with Crippen molar-refractivity contribution in [1.82, 2.24) is 42.5 Å². The van der Waals surface area contributed by atoms with Gasteiger partial charge in [0.1, 0.15) is 34.9 Å². The summed E-state index contributed by atoms with van der Waals surface area (Å²) in [5, 5.41) is 22.9. The molecule has 19 nitrogen and oxygen atoms in total. The maximum atomic E-state index is 13.8. The van der Waals surface area contributed by atoms with Crippen LogP contribution in [0.5, 0.6) is 0 Å². The highest BCUT2D eigenvalue weighted by molar-refractivity contribution is 5.95. The minimum absolute atomic E-state index is 0.138. The number of carbonyl (C=O) groups is 9. The standard InChI is InChI=1S/C51H78N8O11/c1-29(52-47(68)70-48(2,3)4)39(60)53-35-24-14-20-31(35)40(61)57-49(5,6)44(65)54-36-25-15-21-32(36)41(62)58-50(7,8)45(66)55-37-26-16-22-33(37)42(63)59-51(9,10)46(67)56-38-27-17-23-34(38)43(64)69-28-30-18-12-11-13-19-30/h11-13,18-19,29,31-38H,14-17,20-28H2,1-10H3,(H,52,68)(H,53,60)(H,54,65)(H,55,66)(H,56,67)(H,57,61)(H,58,62)(H,59,63)/t29-,31-,32-,33-,34-,35-,36-,37-,38-/m0/s1. The van der Waals surface area contributed by atoms with Crippen LogP contribution in [-0.4, -0.2) is 106 Å². The van der Waals surface area contributed by atoms with E-state index >= 15 is 0 Å². The van der Waals surface area contributed by atoms with Crippen molar-refractivity contribution in [1.29, 1.82) is 0 Å². The van der Waals surface area contributed by atoms with Gasteiger partial charge in [-0.25, -0.2) is 4.79 Å². The lowest BCUT2D eigenvalue weighted by Gasteiger charge is -2.33. The van der Waals surface area contributed by atoms with Crippen molar-refractivity contribution in [3.05, 3.63) is 35.9 Å². The molecule has 4 fully saturated rings. The Morgan fingerprint density at radius 2 is 0.871 bits per heavy atom. The summed E-state index contributed by atoms with van der Waals surface area (Å²) in [6.07, 6.45) is 6.14. The lowest BCUT2D eigenvalue weighted by molar-refractivity contribution is -0.151. The van der Waals surface area contributed by atoms with E-state index < -0.39 is 124 Å². The number of carbonyl (C=O) groups excluding carboxylic acids is 9. The maximum Gasteiger partial charge on any atom is 0.408 e. The third kappa shape index (κ3) is 14.9. The molecular weight excluding hydrogens is 901 g/mol. The molecule has 8 N–H and O–H groups in total. The van der Waals surface area contributed by atoms with Gasteiger partial charge in [-0.15, -0.1) is 0 Å². The first-order valence-electron chi connectivity index (χ1n) is 25.1. The predicted molar refractivity (Wildman–Crippen MR) is 259 cm³/mol. The Balaban J connectivity index is 1.08. The molecule has 9 atom stereocenters. The molecule has 1 aromatic carbocycles. The van der Waals surface area contributed by atoms with E-state index in [1.807, 2.05) is 30.3 Å². The Hall–Kier alpha value is -5.75. The van der Waals surface area contributed by atoms with Crippen molar-refractivity contribution in [2.75, 3.05) is 0 Å². The van der Waals surface area contributed by atoms with E-state index in [-0.39, 0.29) is 12.6 Å². The Morgan fingerprint density at radius 1 is 0.514 bits per heavy atom. The van der Waals surface area contributed by atoms with Crippen molar-refractivity contribution in [2.45, 2.75) is 205 Å². The summed E-state index contributed by atoms with van der Waals surface area (Å²) in [5.74, 6) is -5.92. The van der Waals surface area contributed by atoms with Gasteiger partial charge >= 0.3 is 12.1 Å². The minimum atomic E-state index is -1.40. The van der Waals surface area contributed by atoms with E-state index in [1.54, 1.807) is 62.3 Å². The second-order valence-electron chi connectivity index (χ2n) is 22.3. The van der Waals surface area contributed by atoms with E-state index in [0.29, 0.717) is 70.6 Å². The molecule has 5 rings (SSSR count). The summed E-state index contributed by atoms with van der Waals surface area (Å²) < 4.78 is 10.8. The molecule has 70 heavy (non-hydrogen) atoms. The van der Waals surface area contributed by atoms with Crippen molar-refractivity contribution in [3.63, 3.8) is 0 Å². The van der Waals surface area contributed by atoms with Gasteiger partial charge in [0.2, 0.25) is 41.4 Å². The Bertz CT molecular complexity index is 2100. The number of nitrogens with one attached hydrogen (secondary N) is 8. The summed E-state index contributed by atoms with van der Waals surface area (Å²) in [6.45, 7) is 16.3. The molecule has 0 spiro atoms. The molecule has 4 aliphatic rings. The molecular formula is C51H78N8O11. The quantitative estimate of drug-likeness (QED) is 0.0988. The Kier molecular flexibility index (Phi) is 18.1. The van der Waals surface area contributed by atoms with Crippen molar-refractivity contribution in [2.24, 2.45) is 23.7 Å². The zero-order chi connectivity index (χ0) is 51.8. The highest BCUT2D eigenvalue weighted by atomic mass is 16.6.